The number of nitriles is 2. The van der Waals surface area contributed by atoms with E-state index in [9.17, 15) is 10.5 Å². The molecule has 0 radical (unpaired) electrons. The lowest BCUT2D eigenvalue weighted by molar-refractivity contribution is 0.497. The summed E-state index contributed by atoms with van der Waals surface area (Å²) in [5, 5.41) is 19.5. The molecule has 10 heteroatoms. The minimum Gasteiger partial charge on any atom is -0.227 e. The zero-order valence-corrected chi connectivity index (χ0v) is 43.1. The number of hydrogen-bond acceptors (Lipinski definition) is 8. The molecule has 0 N–H and O–H groups in total. The number of unbranched alkanes of at least 4 members (excludes halogenated alkanes) is 12. The maximum absolute atomic E-state index is 9.73. The van der Waals surface area contributed by atoms with Crippen LogP contribution in [-0.4, -0.2) is 0 Å². The summed E-state index contributed by atoms with van der Waals surface area (Å²) >= 11 is 10.9. The van der Waals surface area contributed by atoms with Crippen molar-refractivity contribution in [1.29, 1.82) is 10.5 Å². The SMILES string of the molecule is [C-]#[N+]/C(C#N)=C\c1sc(-c2cc3sc(-c4cc5sc(-c6cc(C(CCCCCC)CCCCCC)c(/C=C(\C#N)[N+]#[C-])s6)cc5s4)cc3s2)cc1C(CCCCCC)CCCCCC. The Balaban J connectivity index is 1.26. The van der Waals surface area contributed by atoms with Crippen molar-refractivity contribution in [1.82, 2.24) is 0 Å². The Morgan fingerprint density at radius 2 is 0.734 bits per heavy atom. The van der Waals surface area contributed by atoms with E-state index in [0.29, 0.717) is 11.8 Å². The zero-order chi connectivity index (χ0) is 45.3. The van der Waals surface area contributed by atoms with Gasteiger partial charge in [0.15, 0.2) is 0 Å². The molecule has 0 aliphatic carbocycles. The highest BCUT2D eigenvalue weighted by Gasteiger charge is 2.23. The van der Waals surface area contributed by atoms with Gasteiger partial charge in [0, 0.05) is 57.8 Å². The summed E-state index contributed by atoms with van der Waals surface area (Å²) in [6.07, 6.45) is 28.2. The summed E-state index contributed by atoms with van der Waals surface area (Å²) < 4.78 is 5.21. The lowest BCUT2D eigenvalue weighted by Gasteiger charge is -2.17. The number of allylic oxidation sites excluding steroid dienone is 2. The molecule has 6 heterocycles. The predicted molar refractivity (Wildman–Crippen MR) is 286 cm³/mol. The van der Waals surface area contributed by atoms with Crippen LogP contribution in [0.1, 0.15) is 189 Å². The molecule has 0 amide bonds. The number of nitrogens with zero attached hydrogens (tertiary/aromatic N) is 4. The van der Waals surface area contributed by atoms with Crippen molar-refractivity contribution >= 4 is 99.0 Å². The summed E-state index contributed by atoms with van der Waals surface area (Å²) in [4.78, 5) is 16.9. The minimum atomic E-state index is 0.160. The first-order valence-corrected chi connectivity index (χ1v) is 28.6. The predicted octanol–water partition coefficient (Wildman–Crippen LogP) is 21.0. The van der Waals surface area contributed by atoms with Crippen LogP contribution in [0.2, 0.25) is 0 Å². The summed E-state index contributed by atoms with van der Waals surface area (Å²) in [6, 6.07) is 18.5. The molecule has 334 valence electrons. The highest BCUT2D eigenvalue weighted by atomic mass is 32.1. The van der Waals surface area contributed by atoms with Crippen LogP contribution in [0.4, 0.5) is 0 Å². The van der Waals surface area contributed by atoms with Gasteiger partial charge in [0.05, 0.1) is 25.3 Å². The molecule has 64 heavy (non-hydrogen) atoms. The fraction of sp³-hybridized carbons (Fsp3) is 0.481. The van der Waals surface area contributed by atoms with Gasteiger partial charge in [0.2, 0.25) is 0 Å². The van der Waals surface area contributed by atoms with E-state index in [0.717, 1.165) is 35.4 Å². The molecule has 0 aromatic carbocycles. The van der Waals surface area contributed by atoms with Gasteiger partial charge in [0.1, 0.15) is 0 Å². The van der Waals surface area contributed by atoms with Crippen molar-refractivity contribution < 1.29 is 0 Å². The molecular formula is C54H62N4S6. The van der Waals surface area contributed by atoms with Gasteiger partial charge in [-0.3, -0.25) is 0 Å². The molecule has 0 aliphatic heterocycles. The maximum Gasteiger partial charge on any atom is 0.263 e. The first kappa shape index (κ1) is 49.6. The molecular weight excluding hydrogens is 897 g/mol. The fourth-order valence-electron chi connectivity index (χ4n) is 8.71. The van der Waals surface area contributed by atoms with Gasteiger partial charge in [-0.1, -0.05) is 130 Å². The first-order chi connectivity index (χ1) is 31.4. The van der Waals surface area contributed by atoms with Crippen molar-refractivity contribution in [2.45, 2.75) is 168 Å². The van der Waals surface area contributed by atoms with Gasteiger partial charge in [-0.2, -0.15) is 0 Å². The molecule has 0 saturated carbocycles. The van der Waals surface area contributed by atoms with Crippen LogP contribution in [0.3, 0.4) is 0 Å². The summed E-state index contributed by atoms with van der Waals surface area (Å²) in [6.45, 7) is 24.3. The van der Waals surface area contributed by atoms with E-state index in [1.54, 1.807) is 22.7 Å². The van der Waals surface area contributed by atoms with E-state index in [-0.39, 0.29) is 11.4 Å². The van der Waals surface area contributed by atoms with E-state index in [4.69, 9.17) is 13.1 Å². The first-order valence-electron chi connectivity index (χ1n) is 23.7. The molecule has 6 aromatic rings. The third-order valence-electron chi connectivity index (χ3n) is 12.2. The van der Waals surface area contributed by atoms with E-state index < -0.39 is 0 Å². The molecule has 6 rings (SSSR count). The van der Waals surface area contributed by atoms with E-state index in [2.05, 4.69) is 85.9 Å². The molecule has 0 spiro atoms. The lowest BCUT2D eigenvalue weighted by atomic mass is 9.88. The second-order valence-electron chi connectivity index (χ2n) is 17.1. The Bertz CT molecular complexity index is 2360. The number of thiophene rings is 6. The van der Waals surface area contributed by atoms with E-state index in [1.807, 2.05) is 57.5 Å². The zero-order valence-electron chi connectivity index (χ0n) is 38.2. The smallest absolute Gasteiger partial charge is 0.227 e. The van der Waals surface area contributed by atoms with Gasteiger partial charge in [-0.15, -0.1) is 68.0 Å². The molecule has 0 bridgehead atoms. The van der Waals surface area contributed by atoms with Crippen LogP contribution in [0.15, 0.2) is 47.8 Å². The van der Waals surface area contributed by atoms with Crippen molar-refractivity contribution in [3.05, 3.63) is 91.5 Å². The maximum atomic E-state index is 9.73. The van der Waals surface area contributed by atoms with Crippen molar-refractivity contribution in [2.75, 3.05) is 0 Å². The Labute approximate surface area is 407 Å². The van der Waals surface area contributed by atoms with Crippen LogP contribution >= 0.6 is 68.0 Å². The van der Waals surface area contributed by atoms with Crippen molar-refractivity contribution in [3.8, 4) is 41.4 Å². The van der Waals surface area contributed by atoms with Crippen molar-refractivity contribution in [3.63, 3.8) is 0 Å². The third-order valence-corrected chi connectivity index (χ3v) is 19.6. The number of hydrogen-bond donors (Lipinski definition) is 0. The Hall–Kier alpha value is -3.84. The highest BCUT2D eigenvalue weighted by molar-refractivity contribution is 7.36. The van der Waals surface area contributed by atoms with Crippen LogP contribution in [0.5, 0.6) is 0 Å². The van der Waals surface area contributed by atoms with Crippen LogP contribution in [0.25, 0.3) is 69.9 Å². The number of fused-ring (bicyclic) bond motifs is 2. The van der Waals surface area contributed by atoms with Crippen molar-refractivity contribution in [2.24, 2.45) is 0 Å². The Morgan fingerprint density at radius 1 is 0.453 bits per heavy atom. The summed E-state index contributed by atoms with van der Waals surface area (Å²) in [5.74, 6) is 0.881. The average molecular weight is 960 g/mol. The Kier molecular flexibility index (Phi) is 20.0. The molecule has 0 saturated heterocycles. The van der Waals surface area contributed by atoms with Gasteiger partial charge in [-0.05, 0) is 97.2 Å². The van der Waals surface area contributed by atoms with Gasteiger partial charge in [-0.25, -0.2) is 20.2 Å². The molecule has 4 nitrogen and oxygen atoms in total. The summed E-state index contributed by atoms with van der Waals surface area (Å²) in [5.41, 5.74) is 2.97. The largest absolute Gasteiger partial charge is 0.263 e. The van der Waals surface area contributed by atoms with E-state index in [1.165, 1.54) is 162 Å². The highest BCUT2D eigenvalue weighted by Crippen LogP contribution is 2.50. The monoisotopic (exact) mass is 958 g/mol. The molecule has 0 aliphatic rings. The number of rotatable bonds is 27. The topological polar surface area (TPSA) is 56.3 Å². The van der Waals surface area contributed by atoms with Crippen LogP contribution in [-0.2, 0) is 0 Å². The lowest BCUT2D eigenvalue weighted by Crippen LogP contribution is -2.00. The second-order valence-corrected chi connectivity index (χ2v) is 23.6. The molecule has 6 aromatic heterocycles. The molecule has 0 fully saturated rings. The average Bonchev–Trinajstić information content (AvgIpc) is 4.16. The molecule has 0 unspecified atom stereocenters. The normalized spacial score (nSPS) is 12.2. The van der Waals surface area contributed by atoms with Crippen LogP contribution in [0, 0.1) is 35.8 Å². The minimum absolute atomic E-state index is 0.160. The Morgan fingerprint density at radius 3 is 0.984 bits per heavy atom. The second kappa shape index (κ2) is 25.7. The summed E-state index contributed by atoms with van der Waals surface area (Å²) in [7, 11) is 0. The standard InChI is InChI=1S/C54H62N4S6/c1-7-11-15-19-23-37(24-20-16-12-8-2)41-29-45(59-43(41)27-39(35-55)57-5)47-31-49-51(61-47)33-53(63-49)54-34-52-50(64-54)32-48(62-52)46-30-42(44(60-46)28-40(36-56)58-6)38(25-21-17-13-9-3)26-22-18-14-10-4/h27-34,37-38H,7-26H2,1-4H3/b39-27-,40-28+. The van der Waals surface area contributed by atoms with E-state index >= 15 is 0 Å². The van der Waals surface area contributed by atoms with Gasteiger partial charge < -0.3 is 0 Å². The molecule has 0 atom stereocenters. The van der Waals surface area contributed by atoms with Crippen LogP contribution < -0.4 is 0 Å². The van der Waals surface area contributed by atoms with Gasteiger partial charge in [0.25, 0.3) is 11.4 Å². The van der Waals surface area contributed by atoms with Gasteiger partial charge >= 0.3 is 0 Å². The fourth-order valence-corrected chi connectivity index (χ4v) is 16.1. The third kappa shape index (κ3) is 13.2. The quantitative estimate of drug-likeness (QED) is 0.0293.